The molecule has 5 rings (SSSR count). The van der Waals surface area contributed by atoms with Crippen LogP contribution in [0.1, 0.15) is 28.5 Å². The molecule has 4 aromatic carbocycles. The quantitative estimate of drug-likeness (QED) is 0.216. The van der Waals surface area contributed by atoms with Gasteiger partial charge < -0.3 is 14.8 Å². The highest BCUT2D eigenvalue weighted by molar-refractivity contribution is 8.00. The molecule has 1 N–H and O–H groups in total. The van der Waals surface area contributed by atoms with Crippen molar-refractivity contribution >= 4 is 51.1 Å². The lowest BCUT2D eigenvalue weighted by molar-refractivity contribution is 0.0918. The second-order valence-electron chi connectivity index (χ2n) is 8.74. The Labute approximate surface area is 225 Å². The Morgan fingerprint density at radius 3 is 1.97 bits per heavy atom. The van der Waals surface area contributed by atoms with Gasteiger partial charge in [-0.05, 0) is 48.9 Å². The molecule has 6 nitrogen and oxygen atoms in total. The van der Waals surface area contributed by atoms with Crippen molar-refractivity contribution in [2.24, 2.45) is 0 Å². The van der Waals surface area contributed by atoms with Gasteiger partial charge in [0, 0.05) is 21.4 Å². The highest BCUT2D eigenvalue weighted by Gasteiger charge is 2.24. The number of thioether (sulfide) groups is 1. The number of rotatable bonds is 8. The molecule has 38 heavy (non-hydrogen) atoms. The number of ether oxygens (including phenoxy) is 2. The Balaban J connectivity index is 1.42. The van der Waals surface area contributed by atoms with Gasteiger partial charge in [0.15, 0.2) is 0 Å². The standard InChI is InChI=1S/C31H28N2O4S/c1-4-28(31(35)33-24-15-7-5-13-22(24)23-14-6-8-16-25(23)33)38-21-12-9-11-20(19-21)32-30(34)29-26(36-2)17-10-18-27(29)37-3/h5-19,28H,4H2,1-3H3,(H,32,34). The maximum atomic E-state index is 13.9. The smallest absolute Gasteiger partial charge is 0.263 e. The predicted molar refractivity (Wildman–Crippen MR) is 154 cm³/mol. The van der Waals surface area contributed by atoms with Crippen LogP contribution in [0.2, 0.25) is 0 Å². The van der Waals surface area contributed by atoms with Gasteiger partial charge in [-0.1, -0.05) is 55.5 Å². The van der Waals surface area contributed by atoms with Crippen LogP contribution in [0.4, 0.5) is 5.69 Å². The van der Waals surface area contributed by atoms with Gasteiger partial charge in [-0.25, -0.2) is 0 Å². The molecule has 192 valence electrons. The Hall–Kier alpha value is -4.23. The monoisotopic (exact) mass is 524 g/mol. The van der Waals surface area contributed by atoms with E-state index in [1.807, 2.05) is 72.2 Å². The lowest BCUT2D eigenvalue weighted by Crippen LogP contribution is -2.23. The first-order valence-electron chi connectivity index (χ1n) is 12.4. The minimum Gasteiger partial charge on any atom is -0.496 e. The van der Waals surface area contributed by atoms with E-state index in [2.05, 4.69) is 17.4 Å². The maximum Gasteiger partial charge on any atom is 0.263 e. The number of fused-ring (bicyclic) bond motifs is 3. The zero-order valence-corrected chi connectivity index (χ0v) is 22.2. The van der Waals surface area contributed by atoms with Crippen LogP contribution < -0.4 is 14.8 Å². The van der Waals surface area contributed by atoms with Gasteiger partial charge >= 0.3 is 0 Å². The molecule has 0 bridgehead atoms. The molecule has 7 heteroatoms. The normalized spacial score (nSPS) is 11.9. The van der Waals surface area contributed by atoms with E-state index in [9.17, 15) is 9.59 Å². The summed E-state index contributed by atoms with van der Waals surface area (Å²) < 4.78 is 12.6. The third-order valence-electron chi connectivity index (χ3n) is 6.47. The summed E-state index contributed by atoms with van der Waals surface area (Å²) in [6.45, 7) is 2.02. The lowest BCUT2D eigenvalue weighted by atomic mass is 10.1. The zero-order valence-electron chi connectivity index (χ0n) is 21.4. The van der Waals surface area contributed by atoms with E-state index < -0.39 is 0 Å². The van der Waals surface area contributed by atoms with E-state index in [4.69, 9.17) is 9.47 Å². The van der Waals surface area contributed by atoms with Gasteiger partial charge in [0.2, 0.25) is 5.91 Å². The van der Waals surface area contributed by atoms with Crippen LogP contribution in [0.25, 0.3) is 21.8 Å². The van der Waals surface area contributed by atoms with Gasteiger partial charge in [0.25, 0.3) is 5.91 Å². The highest BCUT2D eigenvalue weighted by atomic mass is 32.2. The van der Waals surface area contributed by atoms with Crippen LogP contribution in [0.3, 0.4) is 0 Å². The van der Waals surface area contributed by atoms with Crippen molar-refractivity contribution < 1.29 is 19.1 Å². The van der Waals surface area contributed by atoms with E-state index in [0.29, 0.717) is 29.2 Å². The Kier molecular flexibility index (Phi) is 7.38. The first-order valence-corrected chi connectivity index (χ1v) is 13.2. The Morgan fingerprint density at radius 2 is 1.39 bits per heavy atom. The van der Waals surface area contributed by atoms with Crippen molar-refractivity contribution in [3.8, 4) is 11.5 Å². The van der Waals surface area contributed by atoms with Crippen molar-refractivity contribution in [2.45, 2.75) is 23.5 Å². The fraction of sp³-hybridized carbons (Fsp3) is 0.161. The van der Waals surface area contributed by atoms with E-state index in [1.165, 1.54) is 26.0 Å². The molecule has 0 aliphatic carbocycles. The molecule has 0 fully saturated rings. The molecule has 0 saturated carbocycles. The lowest BCUT2D eigenvalue weighted by Gasteiger charge is -2.17. The van der Waals surface area contributed by atoms with Gasteiger partial charge in [-0.15, -0.1) is 11.8 Å². The number of anilines is 1. The Bertz CT molecular complexity index is 1570. The summed E-state index contributed by atoms with van der Waals surface area (Å²) in [5.74, 6) is 0.545. The van der Waals surface area contributed by atoms with Gasteiger partial charge in [0.05, 0.1) is 30.5 Å². The molecule has 0 aliphatic rings. The average molecular weight is 525 g/mol. The number of hydrogen-bond donors (Lipinski definition) is 1. The third kappa shape index (κ3) is 4.73. The van der Waals surface area contributed by atoms with Crippen molar-refractivity contribution in [2.75, 3.05) is 19.5 Å². The second kappa shape index (κ2) is 11.0. The maximum absolute atomic E-state index is 13.9. The summed E-state index contributed by atoms with van der Waals surface area (Å²) in [6.07, 6.45) is 0.652. The van der Waals surface area contributed by atoms with Crippen molar-refractivity contribution in [3.63, 3.8) is 0 Å². The largest absolute Gasteiger partial charge is 0.496 e. The van der Waals surface area contributed by atoms with Crippen LogP contribution in [-0.2, 0) is 0 Å². The number of aromatic nitrogens is 1. The molecule has 1 unspecified atom stereocenters. The van der Waals surface area contributed by atoms with Crippen LogP contribution in [0.15, 0.2) is 95.9 Å². The number of para-hydroxylation sites is 2. The van der Waals surface area contributed by atoms with Crippen LogP contribution in [-0.4, -0.2) is 35.9 Å². The molecule has 1 amide bonds. The SMILES string of the molecule is CCC(Sc1cccc(NC(=O)c2c(OC)cccc2OC)c1)C(=O)n1c2ccccc2c2ccccc21. The summed E-state index contributed by atoms with van der Waals surface area (Å²) in [7, 11) is 3.03. The number of methoxy groups -OCH3 is 2. The van der Waals surface area contributed by atoms with Crippen molar-refractivity contribution in [1.29, 1.82) is 0 Å². The Morgan fingerprint density at radius 1 is 0.816 bits per heavy atom. The van der Waals surface area contributed by atoms with E-state index in [1.54, 1.807) is 18.2 Å². The van der Waals surface area contributed by atoms with Crippen molar-refractivity contribution in [3.05, 3.63) is 96.6 Å². The molecule has 5 aromatic rings. The fourth-order valence-electron chi connectivity index (χ4n) is 4.69. The summed E-state index contributed by atoms with van der Waals surface area (Å²) in [5, 5.41) is 4.76. The number of benzene rings is 4. The first kappa shape index (κ1) is 25.4. The fourth-order valence-corrected chi connectivity index (χ4v) is 5.75. The van der Waals surface area contributed by atoms with E-state index >= 15 is 0 Å². The molecule has 1 heterocycles. The third-order valence-corrected chi connectivity index (χ3v) is 7.82. The molecule has 0 radical (unpaired) electrons. The van der Waals surface area contributed by atoms with Crippen LogP contribution >= 0.6 is 11.8 Å². The number of nitrogens with one attached hydrogen (secondary N) is 1. The van der Waals surface area contributed by atoms with E-state index in [-0.39, 0.29) is 17.1 Å². The topological polar surface area (TPSA) is 69.6 Å². The number of hydrogen-bond acceptors (Lipinski definition) is 5. The predicted octanol–water partition coefficient (Wildman–Crippen LogP) is 7.28. The molecule has 1 aromatic heterocycles. The second-order valence-corrected chi connectivity index (χ2v) is 10.0. The number of carbonyl (C=O) groups excluding carboxylic acids is 2. The van der Waals surface area contributed by atoms with Crippen LogP contribution in [0, 0.1) is 0 Å². The van der Waals surface area contributed by atoms with E-state index in [0.717, 1.165) is 26.7 Å². The van der Waals surface area contributed by atoms with Crippen molar-refractivity contribution in [1.82, 2.24) is 4.57 Å². The van der Waals surface area contributed by atoms with Gasteiger partial charge in [-0.2, -0.15) is 0 Å². The minimum absolute atomic E-state index is 0.0306. The summed E-state index contributed by atoms with van der Waals surface area (Å²) >= 11 is 1.49. The zero-order chi connectivity index (χ0) is 26.6. The molecule has 1 atom stereocenters. The number of carbonyl (C=O) groups is 2. The van der Waals surface area contributed by atoms with Crippen LogP contribution in [0.5, 0.6) is 11.5 Å². The number of nitrogens with zero attached hydrogens (tertiary/aromatic N) is 1. The molecule has 0 spiro atoms. The number of amides is 1. The first-order chi connectivity index (χ1) is 18.5. The molecule has 0 saturated heterocycles. The molecular weight excluding hydrogens is 496 g/mol. The molecule has 0 aliphatic heterocycles. The minimum atomic E-state index is -0.338. The summed E-state index contributed by atoms with van der Waals surface area (Å²) in [5.41, 5.74) is 2.75. The average Bonchev–Trinajstić information content (AvgIpc) is 3.29. The summed E-state index contributed by atoms with van der Waals surface area (Å²) in [4.78, 5) is 27.9. The van der Waals surface area contributed by atoms with Gasteiger partial charge in [-0.3, -0.25) is 14.2 Å². The highest BCUT2D eigenvalue weighted by Crippen LogP contribution is 2.34. The van der Waals surface area contributed by atoms with Gasteiger partial charge in [0.1, 0.15) is 17.1 Å². The summed E-state index contributed by atoms with van der Waals surface area (Å²) in [6, 6.07) is 28.7. The molecular formula is C31H28N2O4S.